The fraction of sp³-hybridized carbons (Fsp3) is 0.182. The van der Waals surface area contributed by atoms with Gasteiger partial charge in [0.05, 0.1) is 10.9 Å². The van der Waals surface area contributed by atoms with Crippen LogP contribution in [0.5, 0.6) is 5.75 Å². The first-order chi connectivity index (χ1) is 14.0. The molecular formula is C22H17ClN2O3S. The lowest BCUT2D eigenvalue weighted by atomic mass is 9.88. The van der Waals surface area contributed by atoms with E-state index < -0.39 is 17.8 Å². The van der Waals surface area contributed by atoms with Crippen LogP contribution in [0.25, 0.3) is 0 Å². The van der Waals surface area contributed by atoms with Crippen LogP contribution in [-0.4, -0.2) is 22.6 Å². The van der Waals surface area contributed by atoms with E-state index >= 15 is 0 Å². The van der Waals surface area contributed by atoms with Gasteiger partial charge in [-0.3, -0.25) is 14.6 Å². The lowest BCUT2D eigenvalue weighted by Crippen LogP contribution is -2.67. The maximum Gasteiger partial charge on any atom is 0.335 e. The minimum absolute atomic E-state index is 0.314. The Morgan fingerprint density at radius 1 is 1.17 bits per heavy atom. The summed E-state index contributed by atoms with van der Waals surface area (Å²) in [6, 6.07) is 17.3. The number of rotatable bonds is 2. The Hall–Kier alpha value is -2.83. The van der Waals surface area contributed by atoms with Crippen molar-refractivity contribution in [1.82, 2.24) is 4.90 Å². The van der Waals surface area contributed by atoms with Crippen molar-refractivity contribution >= 4 is 40.6 Å². The molecule has 146 valence electrons. The van der Waals surface area contributed by atoms with E-state index in [0.29, 0.717) is 27.8 Å². The molecular weight excluding hydrogens is 408 g/mol. The number of carbonyl (C=O) groups is 2. The Kier molecular flexibility index (Phi) is 4.15. The van der Waals surface area contributed by atoms with Crippen molar-refractivity contribution in [1.29, 1.82) is 0 Å². The van der Waals surface area contributed by atoms with Crippen molar-refractivity contribution in [3.8, 4) is 5.75 Å². The number of ether oxygens (including phenoxy) is 1. The van der Waals surface area contributed by atoms with Crippen LogP contribution in [-0.2, 0) is 0 Å². The molecule has 0 unspecified atom stereocenters. The van der Waals surface area contributed by atoms with E-state index in [4.69, 9.17) is 16.3 Å². The van der Waals surface area contributed by atoms with Crippen molar-refractivity contribution in [3.05, 3.63) is 81.5 Å². The van der Waals surface area contributed by atoms with Gasteiger partial charge < -0.3 is 4.74 Å². The monoisotopic (exact) mass is 424 g/mol. The Morgan fingerprint density at radius 2 is 1.97 bits per heavy atom. The Labute approximate surface area is 177 Å². The van der Waals surface area contributed by atoms with E-state index in [1.54, 1.807) is 35.2 Å². The summed E-state index contributed by atoms with van der Waals surface area (Å²) in [5, 5.41) is 2.37. The molecule has 3 amide bonds. The fourth-order valence-corrected chi connectivity index (χ4v) is 4.98. The van der Waals surface area contributed by atoms with Gasteiger partial charge in [-0.15, -0.1) is 11.3 Å². The number of para-hydroxylation sites is 1. The second kappa shape index (κ2) is 6.61. The standard InChI is InChI=1S/C22H17ClN2O3S/c1-22-13-17(16-12-14(23)9-10-18(16)28-22)24(20(26)19-8-5-11-29-19)21(27)25(22)15-6-3-2-4-7-15/h2-12,17H,13H2,1H3/t17-,22-/m1/s1. The van der Waals surface area contributed by atoms with Gasteiger partial charge in [-0.25, -0.2) is 4.79 Å². The molecule has 3 aromatic rings. The van der Waals surface area contributed by atoms with Crippen molar-refractivity contribution < 1.29 is 14.3 Å². The molecule has 0 aliphatic carbocycles. The molecule has 2 aliphatic heterocycles. The Bertz CT molecular complexity index is 1100. The average Bonchev–Trinajstić information content (AvgIpc) is 3.24. The molecule has 0 spiro atoms. The molecule has 2 bridgehead atoms. The van der Waals surface area contributed by atoms with Crippen LogP contribution in [0.4, 0.5) is 10.5 Å². The number of amides is 3. The van der Waals surface area contributed by atoms with Crippen molar-refractivity contribution in [2.24, 2.45) is 0 Å². The highest BCUT2D eigenvalue weighted by molar-refractivity contribution is 7.12. The van der Waals surface area contributed by atoms with Crippen molar-refractivity contribution in [3.63, 3.8) is 0 Å². The highest BCUT2D eigenvalue weighted by Crippen LogP contribution is 2.50. The number of urea groups is 1. The first kappa shape index (κ1) is 18.2. The number of halogens is 1. The van der Waals surface area contributed by atoms with Gasteiger partial charge in [-0.2, -0.15) is 0 Å². The summed E-state index contributed by atoms with van der Waals surface area (Å²) in [5.41, 5.74) is 0.511. The highest BCUT2D eigenvalue weighted by atomic mass is 35.5. The zero-order chi connectivity index (χ0) is 20.2. The van der Waals surface area contributed by atoms with Gasteiger partial charge >= 0.3 is 6.03 Å². The number of carbonyl (C=O) groups excluding carboxylic acids is 2. The highest BCUT2D eigenvalue weighted by Gasteiger charge is 2.55. The number of imide groups is 1. The minimum atomic E-state index is -0.920. The van der Waals surface area contributed by atoms with E-state index in [2.05, 4.69) is 0 Å². The second-order valence-corrected chi connectivity index (χ2v) is 8.67. The fourth-order valence-electron chi connectivity index (χ4n) is 4.14. The number of hydrogen-bond acceptors (Lipinski definition) is 4. The lowest BCUT2D eigenvalue weighted by Gasteiger charge is -2.53. The van der Waals surface area contributed by atoms with Crippen LogP contribution in [0.2, 0.25) is 5.02 Å². The van der Waals surface area contributed by atoms with Gasteiger partial charge in [0.25, 0.3) is 5.91 Å². The third kappa shape index (κ3) is 2.82. The summed E-state index contributed by atoms with van der Waals surface area (Å²) in [6.45, 7) is 1.88. The number of anilines is 1. The molecule has 0 N–H and O–H groups in total. The molecule has 1 aromatic heterocycles. The SMILES string of the molecule is C[C@]12C[C@H](c3cc(Cl)ccc3O1)N(C(=O)c1cccs1)C(=O)N2c1ccccc1. The summed E-state index contributed by atoms with van der Waals surface area (Å²) in [6.07, 6.45) is 0.443. The summed E-state index contributed by atoms with van der Waals surface area (Å²) in [7, 11) is 0. The van der Waals surface area contributed by atoms with Crippen LogP contribution < -0.4 is 9.64 Å². The van der Waals surface area contributed by atoms with Crippen LogP contribution in [0.1, 0.15) is 34.6 Å². The smallest absolute Gasteiger partial charge is 0.335 e. The van der Waals surface area contributed by atoms with Gasteiger partial charge in [0.2, 0.25) is 0 Å². The van der Waals surface area contributed by atoms with E-state index in [-0.39, 0.29) is 5.91 Å². The zero-order valence-corrected chi connectivity index (χ0v) is 17.1. The van der Waals surface area contributed by atoms with E-state index in [0.717, 1.165) is 5.56 Å². The number of nitrogens with zero attached hydrogens (tertiary/aromatic N) is 2. The summed E-state index contributed by atoms with van der Waals surface area (Å²) in [4.78, 5) is 30.5. The quantitative estimate of drug-likeness (QED) is 0.528. The van der Waals surface area contributed by atoms with Gasteiger partial charge in [0.15, 0.2) is 5.72 Å². The van der Waals surface area contributed by atoms with E-state index in [1.165, 1.54) is 16.2 Å². The molecule has 2 atom stereocenters. The predicted molar refractivity (Wildman–Crippen MR) is 113 cm³/mol. The molecule has 0 radical (unpaired) electrons. The number of benzene rings is 2. The first-order valence-electron chi connectivity index (χ1n) is 9.23. The third-order valence-corrected chi connectivity index (χ3v) is 6.47. The van der Waals surface area contributed by atoms with Crippen LogP contribution in [0.15, 0.2) is 66.0 Å². The molecule has 5 rings (SSSR count). The normalized spacial score (nSPS) is 22.8. The van der Waals surface area contributed by atoms with E-state index in [1.807, 2.05) is 42.6 Å². The molecule has 3 heterocycles. The largest absolute Gasteiger partial charge is 0.467 e. The lowest BCUT2D eigenvalue weighted by molar-refractivity contribution is 0.00284. The summed E-state index contributed by atoms with van der Waals surface area (Å²) in [5.74, 6) is 0.316. The summed E-state index contributed by atoms with van der Waals surface area (Å²) >= 11 is 7.54. The van der Waals surface area contributed by atoms with Crippen LogP contribution in [0, 0.1) is 0 Å². The average molecular weight is 425 g/mol. The van der Waals surface area contributed by atoms with Crippen LogP contribution >= 0.6 is 22.9 Å². The first-order valence-corrected chi connectivity index (χ1v) is 10.5. The third-order valence-electron chi connectivity index (χ3n) is 5.38. The van der Waals surface area contributed by atoms with Crippen molar-refractivity contribution in [2.45, 2.75) is 25.1 Å². The molecule has 1 fully saturated rings. The molecule has 1 saturated heterocycles. The maximum atomic E-state index is 13.7. The Balaban J connectivity index is 1.70. The van der Waals surface area contributed by atoms with E-state index in [9.17, 15) is 9.59 Å². The molecule has 29 heavy (non-hydrogen) atoms. The van der Waals surface area contributed by atoms with Gasteiger partial charge in [-0.05, 0) is 48.7 Å². The number of fused-ring (bicyclic) bond motifs is 4. The van der Waals surface area contributed by atoms with Gasteiger partial charge in [0, 0.05) is 22.7 Å². The van der Waals surface area contributed by atoms with Gasteiger partial charge in [-0.1, -0.05) is 35.9 Å². The minimum Gasteiger partial charge on any atom is -0.467 e. The Morgan fingerprint density at radius 3 is 2.69 bits per heavy atom. The topological polar surface area (TPSA) is 49.9 Å². The molecule has 0 saturated carbocycles. The predicted octanol–water partition coefficient (Wildman–Crippen LogP) is 5.72. The summed E-state index contributed by atoms with van der Waals surface area (Å²) < 4.78 is 6.31. The molecule has 7 heteroatoms. The zero-order valence-electron chi connectivity index (χ0n) is 15.5. The molecule has 2 aromatic carbocycles. The van der Waals surface area contributed by atoms with Gasteiger partial charge in [0.1, 0.15) is 5.75 Å². The molecule has 2 aliphatic rings. The number of thiophene rings is 1. The second-order valence-electron chi connectivity index (χ2n) is 7.29. The molecule has 5 nitrogen and oxygen atoms in total. The van der Waals surface area contributed by atoms with Crippen LogP contribution in [0.3, 0.4) is 0 Å². The number of hydrogen-bond donors (Lipinski definition) is 0. The van der Waals surface area contributed by atoms with Crippen molar-refractivity contribution in [2.75, 3.05) is 4.90 Å². The maximum absolute atomic E-state index is 13.7.